The SMILES string of the molecule is NCc1ccc2c(c1)C1(CCN(C(=O)C3c4ccccc4-c4ccccc43)CC1)CO2. The largest absolute Gasteiger partial charge is 0.492 e. The van der Waals surface area contributed by atoms with Crippen molar-refractivity contribution >= 4 is 5.91 Å². The van der Waals surface area contributed by atoms with E-state index >= 15 is 0 Å². The summed E-state index contributed by atoms with van der Waals surface area (Å²) < 4.78 is 6.04. The Labute approximate surface area is 182 Å². The van der Waals surface area contributed by atoms with Gasteiger partial charge < -0.3 is 15.4 Å². The molecular formula is C27H26N2O2. The first-order valence-electron chi connectivity index (χ1n) is 11.1. The minimum Gasteiger partial charge on any atom is -0.492 e. The number of ether oxygens (including phenoxy) is 1. The summed E-state index contributed by atoms with van der Waals surface area (Å²) >= 11 is 0. The molecule has 4 heteroatoms. The first kappa shape index (κ1) is 18.6. The predicted molar refractivity (Wildman–Crippen MR) is 121 cm³/mol. The Balaban J connectivity index is 1.27. The molecule has 2 N–H and O–H groups in total. The van der Waals surface area contributed by atoms with Gasteiger partial charge in [-0.15, -0.1) is 0 Å². The van der Waals surface area contributed by atoms with Gasteiger partial charge in [-0.1, -0.05) is 60.7 Å². The molecule has 0 radical (unpaired) electrons. The van der Waals surface area contributed by atoms with E-state index in [1.807, 2.05) is 18.2 Å². The maximum atomic E-state index is 13.8. The number of nitrogens with two attached hydrogens (primary N) is 1. The van der Waals surface area contributed by atoms with Crippen LogP contribution >= 0.6 is 0 Å². The number of nitrogens with zero attached hydrogens (tertiary/aromatic N) is 1. The highest BCUT2D eigenvalue weighted by Gasteiger charge is 2.45. The lowest BCUT2D eigenvalue weighted by molar-refractivity contribution is -0.133. The van der Waals surface area contributed by atoms with E-state index in [0.717, 1.165) is 48.4 Å². The average molecular weight is 411 g/mol. The second kappa shape index (κ2) is 6.96. The first-order valence-corrected chi connectivity index (χ1v) is 11.1. The summed E-state index contributed by atoms with van der Waals surface area (Å²) in [5, 5.41) is 0. The molecule has 1 fully saturated rings. The number of amides is 1. The van der Waals surface area contributed by atoms with Crippen LogP contribution in [-0.4, -0.2) is 30.5 Å². The van der Waals surface area contributed by atoms with Gasteiger partial charge >= 0.3 is 0 Å². The van der Waals surface area contributed by atoms with Gasteiger partial charge in [0.1, 0.15) is 5.75 Å². The van der Waals surface area contributed by atoms with Gasteiger partial charge in [-0.05, 0) is 46.7 Å². The normalized spacial score (nSPS) is 18.4. The van der Waals surface area contributed by atoms with Crippen LogP contribution in [0.3, 0.4) is 0 Å². The average Bonchev–Trinajstić information content (AvgIpc) is 3.35. The second-order valence-corrected chi connectivity index (χ2v) is 9.04. The Morgan fingerprint density at radius 2 is 1.61 bits per heavy atom. The van der Waals surface area contributed by atoms with Crippen LogP contribution in [-0.2, 0) is 16.8 Å². The maximum Gasteiger partial charge on any atom is 0.234 e. The summed E-state index contributed by atoms with van der Waals surface area (Å²) in [6, 6.07) is 23.0. The lowest BCUT2D eigenvalue weighted by atomic mass is 9.74. The fourth-order valence-corrected chi connectivity index (χ4v) is 5.71. The van der Waals surface area contributed by atoms with E-state index in [9.17, 15) is 4.79 Å². The van der Waals surface area contributed by atoms with Crippen LogP contribution in [0.5, 0.6) is 5.75 Å². The summed E-state index contributed by atoms with van der Waals surface area (Å²) in [7, 11) is 0. The molecule has 0 unspecified atom stereocenters. The number of hydrogen-bond donors (Lipinski definition) is 1. The summed E-state index contributed by atoms with van der Waals surface area (Å²) in [6.45, 7) is 2.76. The molecule has 1 spiro atoms. The van der Waals surface area contributed by atoms with Gasteiger partial charge in [0.25, 0.3) is 0 Å². The third kappa shape index (κ3) is 2.75. The number of carbonyl (C=O) groups excluding carboxylic acids is 1. The molecule has 0 bridgehead atoms. The Morgan fingerprint density at radius 1 is 0.968 bits per heavy atom. The summed E-state index contributed by atoms with van der Waals surface area (Å²) in [6.07, 6.45) is 1.85. The molecule has 4 nitrogen and oxygen atoms in total. The van der Waals surface area contributed by atoms with Crippen molar-refractivity contribution in [2.24, 2.45) is 5.73 Å². The highest BCUT2D eigenvalue weighted by atomic mass is 16.5. The molecule has 6 rings (SSSR count). The molecule has 2 aliphatic heterocycles. The van der Waals surface area contributed by atoms with Crippen LogP contribution < -0.4 is 10.5 Å². The first-order chi connectivity index (χ1) is 15.2. The van der Waals surface area contributed by atoms with Crippen molar-refractivity contribution in [2.45, 2.75) is 30.7 Å². The number of rotatable bonds is 2. The topological polar surface area (TPSA) is 55.6 Å². The Bertz CT molecular complexity index is 1130. The number of piperidine rings is 1. The van der Waals surface area contributed by atoms with Crippen LogP contribution in [0.1, 0.15) is 41.0 Å². The van der Waals surface area contributed by atoms with Crippen molar-refractivity contribution in [3.05, 3.63) is 89.0 Å². The minimum absolute atomic E-state index is 0.00276. The number of benzene rings is 3. The van der Waals surface area contributed by atoms with Crippen molar-refractivity contribution < 1.29 is 9.53 Å². The third-order valence-corrected chi connectivity index (χ3v) is 7.47. The van der Waals surface area contributed by atoms with Crippen LogP contribution in [0.25, 0.3) is 11.1 Å². The molecule has 1 amide bonds. The molecule has 3 aromatic carbocycles. The van der Waals surface area contributed by atoms with E-state index < -0.39 is 0 Å². The molecule has 31 heavy (non-hydrogen) atoms. The van der Waals surface area contributed by atoms with Crippen LogP contribution in [0.4, 0.5) is 0 Å². The maximum absolute atomic E-state index is 13.8. The van der Waals surface area contributed by atoms with E-state index in [4.69, 9.17) is 10.5 Å². The van der Waals surface area contributed by atoms with E-state index in [0.29, 0.717) is 13.2 Å². The zero-order chi connectivity index (χ0) is 21.0. The van der Waals surface area contributed by atoms with Crippen molar-refractivity contribution in [1.82, 2.24) is 4.90 Å². The number of carbonyl (C=O) groups is 1. The number of hydrogen-bond acceptors (Lipinski definition) is 3. The quantitative estimate of drug-likeness (QED) is 0.689. The lowest BCUT2D eigenvalue weighted by Crippen LogP contribution is -2.47. The summed E-state index contributed by atoms with van der Waals surface area (Å²) in [5.41, 5.74) is 13.0. The Kier molecular flexibility index (Phi) is 4.19. The van der Waals surface area contributed by atoms with E-state index in [1.54, 1.807) is 0 Å². The Morgan fingerprint density at radius 3 is 2.26 bits per heavy atom. The molecule has 0 aromatic heterocycles. The molecule has 156 valence electrons. The zero-order valence-electron chi connectivity index (χ0n) is 17.5. The van der Waals surface area contributed by atoms with Crippen LogP contribution in [0, 0.1) is 0 Å². The van der Waals surface area contributed by atoms with Crippen molar-refractivity contribution in [1.29, 1.82) is 0 Å². The van der Waals surface area contributed by atoms with Gasteiger partial charge in [-0.2, -0.15) is 0 Å². The van der Waals surface area contributed by atoms with Gasteiger partial charge in [-0.3, -0.25) is 4.79 Å². The number of likely N-dealkylation sites (tertiary alicyclic amines) is 1. The zero-order valence-corrected chi connectivity index (χ0v) is 17.5. The van der Waals surface area contributed by atoms with Crippen LogP contribution in [0.2, 0.25) is 0 Å². The summed E-state index contributed by atoms with van der Waals surface area (Å²) in [4.78, 5) is 15.8. The van der Waals surface area contributed by atoms with Gasteiger partial charge in [-0.25, -0.2) is 0 Å². The monoisotopic (exact) mass is 410 g/mol. The van der Waals surface area contributed by atoms with Crippen molar-refractivity contribution in [2.75, 3.05) is 19.7 Å². The molecule has 1 aliphatic carbocycles. The molecule has 1 saturated heterocycles. The molecule has 0 saturated carbocycles. The Hall–Kier alpha value is -3.11. The standard InChI is InChI=1S/C27H26N2O2/c28-16-18-9-10-24-23(15-18)27(17-31-24)11-13-29(14-12-27)26(30)25-21-7-3-1-5-19(21)20-6-2-4-8-22(20)25/h1-10,15,25H,11-14,16-17,28H2. The highest BCUT2D eigenvalue weighted by molar-refractivity contribution is 5.96. The molecular weight excluding hydrogens is 384 g/mol. The van der Waals surface area contributed by atoms with Gasteiger partial charge in [0.15, 0.2) is 0 Å². The fourth-order valence-electron chi connectivity index (χ4n) is 5.71. The van der Waals surface area contributed by atoms with Gasteiger partial charge in [0.2, 0.25) is 5.91 Å². The summed E-state index contributed by atoms with van der Waals surface area (Å²) in [5.74, 6) is 1.01. The van der Waals surface area contributed by atoms with E-state index in [2.05, 4.69) is 53.4 Å². The molecule has 3 aliphatic rings. The van der Waals surface area contributed by atoms with E-state index in [1.165, 1.54) is 16.7 Å². The van der Waals surface area contributed by atoms with Crippen LogP contribution in [0.15, 0.2) is 66.7 Å². The fraction of sp³-hybridized carbons (Fsp3) is 0.296. The second-order valence-electron chi connectivity index (χ2n) is 9.04. The highest BCUT2D eigenvalue weighted by Crippen LogP contribution is 2.48. The molecule has 0 atom stereocenters. The molecule has 3 aromatic rings. The third-order valence-electron chi connectivity index (χ3n) is 7.47. The van der Waals surface area contributed by atoms with Crippen molar-refractivity contribution in [3.8, 4) is 16.9 Å². The van der Waals surface area contributed by atoms with Crippen molar-refractivity contribution in [3.63, 3.8) is 0 Å². The van der Waals surface area contributed by atoms with Gasteiger partial charge in [0, 0.05) is 30.6 Å². The molecule has 2 heterocycles. The lowest BCUT2D eigenvalue weighted by Gasteiger charge is -2.39. The van der Waals surface area contributed by atoms with Gasteiger partial charge in [0.05, 0.1) is 12.5 Å². The minimum atomic E-state index is -0.197. The number of fused-ring (bicyclic) bond motifs is 5. The predicted octanol–water partition coefficient (Wildman–Crippen LogP) is 4.21. The van der Waals surface area contributed by atoms with E-state index in [-0.39, 0.29) is 17.2 Å². The smallest absolute Gasteiger partial charge is 0.234 e.